The summed E-state index contributed by atoms with van der Waals surface area (Å²) in [5.74, 6) is 0.495. The average molecular weight is 344 g/mol. The molecule has 0 aliphatic rings. The van der Waals surface area contributed by atoms with Gasteiger partial charge < -0.3 is 10.3 Å². The Morgan fingerprint density at radius 1 is 1.23 bits per heavy atom. The summed E-state index contributed by atoms with van der Waals surface area (Å²) in [5, 5.41) is 24.3. The number of nitrogens with zero attached hydrogens (tertiary/aromatic N) is 4. The van der Waals surface area contributed by atoms with Crippen LogP contribution in [0.2, 0.25) is 0 Å². The molecule has 0 bridgehead atoms. The number of nitriles is 1. The largest absolute Gasteiger partial charge is 0.350 e. The third kappa shape index (κ3) is 2.48. The lowest BCUT2D eigenvalue weighted by atomic mass is 10.1. The number of hydrogen-bond acceptors (Lipinski definition) is 6. The second-order valence-electron chi connectivity index (χ2n) is 5.84. The molecule has 0 spiro atoms. The second kappa shape index (κ2) is 5.82. The van der Waals surface area contributed by atoms with Gasteiger partial charge in [-0.15, -0.1) is 0 Å². The summed E-state index contributed by atoms with van der Waals surface area (Å²) < 4.78 is 0. The van der Waals surface area contributed by atoms with Crippen molar-refractivity contribution in [2.75, 3.05) is 5.32 Å². The van der Waals surface area contributed by atoms with E-state index in [2.05, 4.69) is 20.3 Å². The SMILES string of the molecule is Cc1ccc2[nH]c3c(Nc4ccc([N+](=O)[O-])cc4C#N)ncnc3c2c1. The first-order valence-electron chi connectivity index (χ1n) is 7.75. The molecule has 126 valence electrons. The molecule has 0 atom stereocenters. The van der Waals surface area contributed by atoms with Gasteiger partial charge in [-0.25, -0.2) is 9.97 Å². The van der Waals surface area contributed by atoms with Crippen molar-refractivity contribution in [2.24, 2.45) is 0 Å². The number of nitro benzene ring substituents is 1. The highest BCUT2D eigenvalue weighted by molar-refractivity contribution is 6.08. The third-order valence-electron chi connectivity index (χ3n) is 4.12. The Hall–Kier alpha value is -3.99. The second-order valence-corrected chi connectivity index (χ2v) is 5.84. The van der Waals surface area contributed by atoms with Crippen LogP contribution in [-0.4, -0.2) is 19.9 Å². The van der Waals surface area contributed by atoms with E-state index in [0.717, 1.165) is 22.0 Å². The van der Waals surface area contributed by atoms with E-state index >= 15 is 0 Å². The lowest BCUT2D eigenvalue weighted by Crippen LogP contribution is -1.99. The lowest BCUT2D eigenvalue weighted by Gasteiger charge is -2.08. The van der Waals surface area contributed by atoms with Gasteiger partial charge in [0.25, 0.3) is 5.69 Å². The van der Waals surface area contributed by atoms with Crippen molar-refractivity contribution >= 4 is 39.1 Å². The predicted molar refractivity (Wildman–Crippen MR) is 97.2 cm³/mol. The van der Waals surface area contributed by atoms with Crippen LogP contribution in [0.1, 0.15) is 11.1 Å². The summed E-state index contributed by atoms with van der Waals surface area (Å²) >= 11 is 0. The number of aromatic amines is 1. The summed E-state index contributed by atoms with van der Waals surface area (Å²) in [5.41, 5.74) is 3.98. The third-order valence-corrected chi connectivity index (χ3v) is 4.12. The fourth-order valence-corrected chi connectivity index (χ4v) is 2.88. The molecule has 0 unspecified atom stereocenters. The van der Waals surface area contributed by atoms with Gasteiger partial charge in [-0.3, -0.25) is 10.1 Å². The molecule has 4 rings (SSSR count). The highest BCUT2D eigenvalue weighted by Gasteiger charge is 2.14. The first kappa shape index (κ1) is 15.5. The Labute approximate surface area is 147 Å². The van der Waals surface area contributed by atoms with Crippen molar-refractivity contribution in [3.05, 3.63) is 64.0 Å². The molecule has 0 fully saturated rings. The molecule has 26 heavy (non-hydrogen) atoms. The average Bonchev–Trinajstić information content (AvgIpc) is 3.01. The summed E-state index contributed by atoms with van der Waals surface area (Å²) in [6.07, 6.45) is 1.44. The van der Waals surface area contributed by atoms with Crippen LogP contribution in [-0.2, 0) is 0 Å². The highest BCUT2D eigenvalue weighted by Crippen LogP contribution is 2.31. The molecule has 0 amide bonds. The van der Waals surface area contributed by atoms with Gasteiger partial charge in [0.2, 0.25) is 0 Å². The van der Waals surface area contributed by atoms with Crippen molar-refractivity contribution in [2.45, 2.75) is 6.92 Å². The van der Waals surface area contributed by atoms with Gasteiger partial charge in [-0.2, -0.15) is 5.26 Å². The molecular formula is C18H12N6O2. The molecule has 0 saturated carbocycles. The van der Waals surface area contributed by atoms with Gasteiger partial charge in [0, 0.05) is 23.0 Å². The number of non-ortho nitro benzene ring substituents is 1. The summed E-state index contributed by atoms with van der Waals surface area (Å²) in [7, 11) is 0. The van der Waals surface area contributed by atoms with E-state index in [4.69, 9.17) is 0 Å². The summed E-state index contributed by atoms with van der Waals surface area (Å²) in [4.78, 5) is 22.3. The van der Waals surface area contributed by atoms with Crippen molar-refractivity contribution in [1.82, 2.24) is 15.0 Å². The number of anilines is 2. The molecule has 0 radical (unpaired) electrons. The van der Waals surface area contributed by atoms with Crippen LogP contribution >= 0.6 is 0 Å². The molecule has 2 aromatic carbocycles. The van der Waals surface area contributed by atoms with Crippen molar-refractivity contribution < 1.29 is 4.92 Å². The normalized spacial score (nSPS) is 10.8. The zero-order valence-corrected chi connectivity index (χ0v) is 13.6. The van der Waals surface area contributed by atoms with E-state index in [1.165, 1.54) is 24.5 Å². The molecule has 2 aromatic heterocycles. The molecule has 0 aliphatic heterocycles. The number of H-pyrrole nitrogens is 1. The highest BCUT2D eigenvalue weighted by atomic mass is 16.6. The van der Waals surface area contributed by atoms with Crippen LogP contribution in [0.15, 0.2) is 42.7 Å². The molecular weight excluding hydrogens is 332 g/mol. The number of nitro groups is 1. The van der Waals surface area contributed by atoms with Crippen molar-refractivity contribution in [1.29, 1.82) is 5.26 Å². The zero-order chi connectivity index (χ0) is 18.3. The number of fused-ring (bicyclic) bond motifs is 3. The molecule has 2 heterocycles. The zero-order valence-electron chi connectivity index (χ0n) is 13.6. The van der Waals surface area contributed by atoms with Crippen molar-refractivity contribution in [3.8, 4) is 6.07 Å². The molecule has 0 saturated heterocycles. The van der Waals surface area contributed by atoms with Crippen LogP contribution in [0.4, 0.5) is 17.2 Å². The fraction of sp³-hybridized carbons (Fsp3) is 0.0556. The Morgan fingerprint density at radius 2 is 2.08 bits per heavy atom. The number of hydrogen-bond donors (Lipinski definition) is 2. The first-order valence-corrected chi connectivity index (χ1v) is 7.75. The topological polar surface area (TPSA) is 121 Å². The molecule has 8 nitrogen and oxygen atoms in total. The lowest BCUT2D eigenvalue weighted by molar-refractivity contribution is -0.384. The van der Waals surface area contributed by atoms with E-state index in [0.29, 0.717) is 17.0 Å². The Bertz CT molecular complexity index is 1220. The maximum Gasteiger partial charge on any atom is 0.270 e. The fourth-order valence-electron chi connectivity index (χ4n) is 2.88. The number of aryl methyl sites for hydroxylation is 1. The number of nitrogens with one attached hydrogen (secondary N) is 2. The molecule has 2 N–H and O–H groups in total. The van der Waals surface area contributed by atoms with Crippen LogP contribution in [0, 0.1) is 28.4 Å². The minimum absolute atomic E-state index is 0.138. The van der Waals surface area contributed by atoms with E-state index in [1.54, 1.807) is 0 Å². The summed E-state index contributed by atoms with van der Waals surface area (Å²) in [6.45, 7) is 2.01. The van der Waals surface area contributed by atoms with Crippen LogP contribution in [0.3, 0.4) is 0 Å². The van der Waals surface area contributed by atoms with Crippen LogP contribution < -0.4 is 5.32 Å². The van der Waals surface area contributed by atoms with Gasteiger partial charge in [-0.1, -0.05) is 11.6 Å². The molecule has 8 heteroatoms. The molecule has 4 aromatic rings. The minimum atomic E-state index is -0.534. The van der Waals surface area contributed by atoms with Gasteiger partial charge in [0.15, 0.2) is 5.82 Å². The summed E-state index contributed by atoms with van der Waals surface area (Å²) in [6, 6.07) is 12.1. The smallest absolute Gasteiger partial charge is 0.270 e. The number of aromatic nitrogens is 3. The van der Waals surface area contributed by atoms with E-state index < -0.39 is 4.92 Å². The first-order chi connectivity index (χ1) is 12.6. The minimum Gasteiger partial charge on any atom is -0.350 e. The Kier molecular flexibility index (Phi) is 3.48. The van der Waals surface area contributed by atoms with E-state index in [1.807, 2.05) is 31.2 Å². The monoisotopic (exact) mass is 344 g/mol. The van der Waals surface area contributed by atoms with Gasteiger partial charge in [0.05, 0.1) is 16.2 Å². The van der Waals surface area contributed by atoms with Crippen LogP contribution in [0.5, 0.6) is 0 Å². The van der Waals surface area contributed by atoms with Crippen molar-refractivity contribution in [3.63, 3.8) is 0 Å². The Balaban J connectivity index is 1.85. The van der Waals surface area contributed by atoms with E-state index in [9.17, 15) is 15.4 Å². The van der Waals surface area contributed by atoms with Gasteiger partial charge in [0.1, 0.15) is 23.4 Å². The van der Waals surface area contributed by atoms with Crippen LogP contribution in [0.25, 0.3) is 21.9 Å². The maximum absolute atomic E-state index is 10.9. The molecule has 0 aliphatic carbocycles. The number of rotatable bonds is 3. The quantitative estimate of drug-likeness (QED) is 0.429. The number of benzene rings is 2. The van der Waals surface area contributed by atoms with Gasteiger partial charge >= 0.3 is 0 Å². The van der Waals surface area contributed by atoms with E-state index in [-0.39, 0.29) is 11.3 Å². The van der Waals surface area contributed by atoms with Gasteiger partial charge in [-0.05, 0) is 25.1 Å². The maximum atomic E-state index is 10.9. The Morgan fingerprint density at radius 3 is 2.85 bits per heavy atom. The predicted octanol–water partition coefficient (Wildman–Crippen LogP) is 3.94. The standard InChI is InChI=1S/C18H12N6O2/c1-10-2-4-15-13(6-10)16-17(22-15)18(21-9-20-16)23-14-5-3-12(24(25)26)7-11(14)8-19/h2-7,9,22H,1H3,(H,20,21,23).